The first-order valence-corrected chi connectivity index (χ1v) is 8.59. The molecule has 0 spiro atoms. The summed E-state index contributed by atoms with van der Waals surface area (Å²) in [5.41, 5.74) is 1.25. The van der Waals surface area contributed by atoms with Crippen LogP contribution >= 0.6 is 24.0 Å². The van der Waals surface area contributed by atoms with Crippen LogP contribution in [0.5, 0.6) is 17.2 Å². The van der Waals surface area contributed by atoms with Crippen molar-refractivity contribution in [3.05, 3.63) is 54.1 Å². The molecular formula is C20H28IN3O3. The number of hydrogen-bond donors (Lipinski definition) is 2. The smallest absolute Gasteiger partial charge is 0.191 e. The van der Waals surface area contributed by atoms with Crippen molar-refractivity contribution in [3.63, 3.8) is 0 Å². The van der Waals surface area contributed by atoms with Crippen LogP contribution in [0, 0.1) is 0 Å². The number of guanidine groups is 1. The minimum atomic E-state index is 0. The Balaban J connectivity index is 0.00000364. The van der Waals surface area contributed by atoms with Gasteiger partial charge in [-0.1, -0.05) is 12.1 Å². The number of halogens is 1. The molecule has 2 aromatic rings. The van der Waals surface area contributed by atoms with E-state index in [1.54, 1.807) is 21.3 Å². The molecule has 6 nitrogen and oxygen atoms in total. The molecule has 0 aliphatic carbocycles. The van der Waals surface area contributed by atoms with Crippen LogP contribution in [-0.2, 0) is 6.42 Å². The zero-order valence-electron chi connectivity index (χ0n) is 16.0. The van der Waals surface area contributed by atoms with Gasteiger partial charge in [0.25, 0.3) is 0 Å². The Bertz CT molecular complexity index is 676. The summed E-state index contributed by atoms with van der Waals surface area (Å²) in [5, 5.41) is 6.53. The number of benzene rings is 2. The first-order valence-electron chi connectivity index (χ1n) is 8.59. The second-order valence-corrected chi connectivity index (χ2v) is 5.55. The van der Waals surface area contributed by atoms with Crippen LogP contribution in [0.1, 0.15) is 5.56 Å². The SMILES string of the molecule is CN=C(NCCOc1ccc(OC)cc1)NCCc1ccc(OC)cc1.I. The van der Waals surface area contributed by atoms with E-state index in [-0.39, 0.29) is 24.0 Å². The van der Waals surface area contributed by atoms with E-state index in [0.29, 0.717) is 13.2 Å². The second kappa shape index (κ2) is 13.1. The van der Waals surface area contributed by atoms with Crippen LogP contribution in [0.2, 0.25) is 0 Å². The highest BCUT2D eigenvalue weighted by Gasteiger charge is 2.00. The first-order chi connectivity index (χ1) is 12.7. The van der Waals surface area contributed by atoms with E-state index < -0.39 is 0 Å². The summed E-state index contributed by atoms with van der Waals surface area (Å²) in [6.45, 7) is 2.01. The number of rotatable bonds is 9. The molecule has 0 aliphatic heterocycles. The summed E-state index contributed by atoms with van der Waals surface area (Å²) in [6, 6.07) is 15.6. The fourth-order valence-corrected chi connectivity index (χ4v) is 2.35. The fourth-order valence-electron chi connectivity index (χ4n) is 2.35. The van der Waals surface area contributed by atoms with Crippen molar-refractivity contribution in [2.75, 3.05) is 41.0 Å². The summed E-state index contributed by atoms with van der Waals surface area (Å²) < 4.78 is 16.0. The number of nitrogens with zero attached hydrogens (tertiary/aromatic N) is 1. The number of hydrogen-bond acceptors (Lipinski definition) is 4. The average Bonchev–Trinajstić information content (AvgIpc) is 2.70. The van der Waals surface area contributed by atoms with Gasteiger partial charge in [0.2, 0.25) is 0 Å². The Labute approximate surface area is 178 Å². The van der Waals surface area contributed by atoms with Gasteiger partial charge in [-0.3, -0.25) is 4.99 Å². The quantitative estimate of drug-likeness (QED) is 0.248. The van der Waals surface area contributed by atoms with Gasteiger partial charge in [0, 0.05) is 13.6 Å². The van der Waals surface area contributed by atoms with Crippen molar-refractivity contribution in [2.24, 2.45) is 4.99 Å². The zero-order chi connectivity index (χ0) is 18.6. The molecule has 2 N–H and O–H groups in total. The summed E-state index contributed by atoms with van der Waals surface area (Å²) in [4.78, 5) is 4.22. The van der Waals surface area contributed by atoms with Crippen molar-refractivity contribution in [3.8, 4) is 17.2 Å². The van der Waals surface area contributed by atoms with Crippen LogP contribution in [0.15, 0.2) is 53.5 Å². The summed E-state index contributed by atoms with van der Waals surface area (Å²) in [6.07, 6.45) is 0.910. The van der Waals surface area contributed by atoms with E-state index in [0.717, 1.165) is 36.2 Å². The van der Waals surface area contributed by atoms with E-state index in [2.05, 4.69) is 27.8 Å². The standard InChI is InChI=1S/C20H27N3O3.HI/c1-21-20(22-13-12-16-4-6-17(24-2)7-5-16)23-14-15-26-19-10-8-18(25-3)9-11-19;/h4-11H,12-15H2,1-3H3,(H2,21,22,23);1H. The molecule has 0 saturated heterocycles. The highest BCUT2D eigenvalue weighted by Crippen LogP contribution is 2.16. The number of methoxy groups -OCH3 is 2. The third-order valence-electron chi connectivity index (χ3n) is 3.81. The first kappa shape index (κ1) is 22.9. The third kappa shape index (κ3) is 8.38. The third-order valence-corrected chi connectivity index (χ3v) is 3.81. The normalized spacial score (nSPS) is 10.6. The lowest BCUT2D eigenvalue weighted by molar-refractivity contribution is 0.321. The Morgan fingerprint density at radius 2 is 1.33 bits per heavy atom. The molecule has 0 unspecified atom stereocenters. The molecule has 27 heavy (non-hydrogen) atoms. The maximum atomic E-state index is 5.68. The van der Waals surface area contributed by atoms with Gasteiger partial charge in [-0.15, -0.1) is 24.0 Å². The lowest BCUT2D eigenvalue weighted by Crippen LogP contribution is -2.40. The van der Waals surface area contributed by atoms with Crippen LogP contribution < -0.4 is 24.8 Å². The number of nitrogens with one attached hydrogen (secondary N) is 2. The zero-order valence-corrected chi connectivity index (χ0v) is 18.4. The van der Waals surface area contributed by atoms with Crippen molar-refractivity contribution < 1.29 is 14.2 Å². The molecular weight excluding hydrogens is 457 g/mol. The van der Waals surface area contributed by atoms with Gasteiger partial charge < -0.3 is 24.8 Å². The molecule has 0 fully saturated rings. The van der Waals surface area contributed by atoms with E-state index in [9.17, 15) is 0 Å². The molecule has 0 heterocycles. The minimum Gasteiger partial charge on any atom is -0.497 e. The van der Waals surface area contributed by atoms with Crippen molar-refractivity contribution in [1.29, 1.82) is 0 Å². The molecule has 0 aromatic heterocycles. The molecule has 148 valence electrons. The van der Waals surface area contributed by atoms with Gasteiger partial charge in [0.05, 0.1) is 20.8 Å². The van der Waals surface area contributed by atoms with Crippen molar-refractivity contribution in [2.45, 2.75) is 6.42 Å². The Morgan fingerprint density at radius 3 is 1.89 bits per heavy atom. The van der Waals surface area contributed by atoms with Gasteiger partial charge in [0.1, 0.15) is 23.9 Å². The van der Waals surface area contributed by atoms with Gasteiger partial charge in [-0.2, -0.15) is 0 Å². The molecule has 2 aromatic carbocycles. The van der Waals surface area contributed by atoms with E-state index in [1.165, 1.54) is 5.56 Å². The predicted molar refractivity (Wildman–Crippen MR) is 120 cm³/mol. The van der Waals surface area contributed by atoms with E-state index >= 15 is 0 Å². The predicted octanol–water partition coefficient (Wildman–Crippen LogP) is 3.11. The largest absolute Gasteiger partial charge is 0.497 e. The molecule has 0 amide bonds. The average molecular weight is 485 g/mol. The number of ether oxygens (including phenoxy) is 3. The Kier molecular flexibility index (Phi) is 11.1. The lowest BCUT2D eigenvalue weighted by Gasteiger charge is -2.13. The van der Waals surface area contributed by atoms with Gasteiger partial charge >= 0.3 is 0 Å². The van der Waals surface area contributed by atoms with Gasteiger partial charge in [0.15, 0.2) is 5.96 Å². The topological polar surface area (TPSA) is 64.1 Å². The molecule has 0 atom stereocenters. The van der Waals surface area contributed by atoms with E-state index in [1.807, 2.05) is 36.4 Å². The summed E-state index contributed by atoms with van der Waals surface area (Å²) in [7, 11) is 5.07. The van der Waals surface area contributed by atoms with Crippen molar-refractivity contribution in [1.82, 2.24) is 10.6 Å². The second-order valence-electron chi connectivity index (χ2n) is 5.55. The molecule has 0 saturated carbocycles. The van der Waals surface area contributed by atoms with Crippen LogP contribution in [0.25, 0.3) is 0 Å². The molecule has 0 aliphatic rings. The van der Waals surface area contributed by atoms with Crippen LogP contribution in [0.4, 0.5) is 0 Å². The maximum Gasteiger partial charge on any atom is 0.191 e. The molecule has 0 radical (unpaired) electrons. The lowest BCUT2D eigenvalue weighted by atomic mass is 10.1. The van der Waals surface area contributed by atoms with Crippen LogP contribution in [-0.4, -0.2) is 46.9 Å². The molecule has 0 bridgehead atoms. The highest BCUT2D eigenvalue weighted by molar-refractivity contribution is 14.0. The monoisotopic (exact) mass is 485 g/mol. The van der Waals surface area contributed by atoms with Crippen molar-refractivity contribution >= 4 is 29.9 Å². The molecule has 7 heteroatoms. The summed E-state index contributed by atoms with van der Waals surface area (Å²) in [5.74, 6) is 3.26. The minimum absolute atomic E-state index is 0. The highest BCUT2D eigenvalue weighted by atomic mass is 127. The Hall–Kier alpha value is -2.16. The maximum absolute atomic E-state index is 5.68. The summed E-state index contributed by atoms with van der Waals surface area (Å²) >= 11 is 0. The fraction of sp³-hybridized carbons (Fsp3) is 0.350. The number of aliphatic imine (C=N–C) groups is 1. The Morgan fingerprint density at radius 1 is 0.815 bits per heavy atom. The van der Waals surface area contributed by atoms with Gasteiger partial charge in [-0.25, -0.2) is 0 Å². The van der Waals surface area contributed by atoms with Crippen LogP contribution in [0.3, 0.4) is 0 Å². The molecule has 2 rings (SSSR count). The van der Waals surface area contributed by atoms with Gasteiger partial charge in [-0.05, 0) is 48.4 Å². The van der Waals surface area contributed by atoms with E-state index in [4.69, 9.17) is 14.2 Å².